The number of aryl methyl sites for hydroxylation is 1. The molecule has 3 aromatic carbocycles. The lowest BCUT2D eigenvalue weighted by Crippen LogP contribution is -2.44. The number of ether oxygens (including phenoxy) is 1. The average molecular weight is 765 g/mol. The second-order valence-electron chi connectivity index (χ2n) is 13.7. The SMILES string of the molecule is Cc1cc2cccc(NC(=O)C(=O)NCC(C)(C)CNC(=O)c3ccc(Nc4nc(NC5(c6ccc(Cl)cc6)CC5)nc(OCC(F)(F)F)n4)cc3)c2o1. The van der Waals surface area contributed by atoms with E-state index in [1.54, 1.807) is 55.5 Å². The van der Waals surface area contributed by atoms with E-state index >= 15 is 0 Å². The lowest BCUT2D eigenvalue weighted by molar-refractivity contribution is -0.154. The highest BCUT2D eigenvalue weighted by atomic mass is 35.5. The number of carbonyl (C=O) groups is 3. The molecule has 282 valence electrons. The van der Waals surface area contributed by atoms with Gasteiger partial charge in [-0.2, -0.15) is 28.1 Å². The third kappa shape index (κ3) is 9.74. The molecule has 6 rings (SSSR count). The van der Waals surface area contributed by atoms with Crippen molar-refractivity contribution < 1.29 is 36.7 Å². The molecular weight excluding hydrogens is 729 g/mol. The van der Waals surface area contributed by atoms with Crippen LogP contribution in [0.3, 0.4) is 0 Å². The maximum absolute atomic E-state index is 13.0. The summed E-state index contributed by atoms with van der Waals surface area (Å²) in [6, 6.07) is 19.9. The third-order valence-electron chi connectivity index (χ3n) is 8.46. The minimum atomic E-state index is -4.61. The highest BCUT2D eigenvalue weighted by molar-refractivity contribution is 6.40. The van der Waals surface area contributed by atoms with Crippen molar-refractivity contribution in [2.75, 3.05) is 35.6 Å². The molecule has 2 aromatic heterocycles. The molecule has 0 radical (unpaired) electrons. The van der Waals surface area contributed by atoms with Gasteiger partial charge < -0.3 is 35.7 Å². The van der Waals surface area contributed by atoms with Gasteiger partial charge in [-0.1, -0.05) is 49.7 Å². The van der Waals surface area contributed by atoms with E-state index in [2.05, 4.69) is 41.5 Å². The van der Waals surface area contributed by atoms with Crippen LogP contribution in [0.25, 0.3) is 11.0 Å². The molecule has 1 saturated carbocycles. The first-order chi connectivity index (χ1) is 25.6. The number of halogens is 4. The minimum Gasteiger partial charge on any atom is -0.459 e. The van der Waals surface area contributed by atoms with Crippen LogP contribution >= 0.6 is 11.6 Å². The fraction of sp³-hybridized carbons (Fsp3) is 0.297. The van der Waals surface area contributed by atoms with E-state index in [1.165, 1.54) is 0 Å². The minimum absolute atomic E-state index is 0.00846. The lowest BCUT2D eigenvalue weighted by atomic mass is 9.93. The van der Waals surface area contributed by atoms with Gasteiger partial charge in [-0.3, -0.25) is 14.4 Å². The van der Waals surface area contributed by atoms with Crippen LogP contribution in [-0.4, -0.2) is 58.5 Å². The lowest BCUT2D eigenvalue weighted by Gasteiger charge is -2.25. The Labute approximate surface area is 312 Å². The molecule has 13 nitrogen and oxygen atoms in total. The normalized spacial score (nSPS) is 13.5. The Morgan fingerprint density at radius 1 is 0.889 bits per heavy atom. The van der Waals surface area contributed by atoms with E-state index in [0.717, 1.165) is 23.8 Å². The van der Waals surface area contributed by atoms with E-state index in [1.807, 2.05) is 38.1 Å². The Morgan fingerprint density at radius 2 is 1.57 bits per heavy atom. The van der Waals surface area contributed by atoms with Gasteiger partial charge in [0.15, 0.2) is 12.2 Å². The second-order valence-corrected chi connectivity index (χ2v) is 14.1. The fourth-order valence-corrected chi connectivity index (χ4v) is 5.59. The van der Waals surface area contributed by atoms with Gasteiger partial charge in [0.05, 0.1) is 11.2 Å². The van der Waals surface area contributed by atoms with Gasteiger partial charge in [-0.25, -0.2) is 0 Å². The summed E-state index contributed by atoms with van der Waals surface area (Å²) in [5, 5.41) is 15.5. The molecule has 0 saturated heterocycles. The number of anilines is 4. The number of nitrogens with zero attached hydrogens (tertiary/aromatic N) is 3. The molecule has 5 N–H and O–H groups in total. The van der Waals surface area contributed by atoms with E-state index in [-0.39, 0.29) is 25.0 Å². The van der Waals surface area contributed by atoms with Crippen LogP contribution in [0.15, 0.2) is 77.2 Å². The molecule has 1 aliphatic carbocycles. The Kier molecular flexibility index (Phi) is 10.7. The van der Waals surface area contributed by atoms with Crippen molar-refractivity contribution in [1.29, 1.82) is 0 Å². The van der Waals surface area contributed by atoms with Crippen LogP contribution < -0.4 is 31.3 Å². The van der Waals surface area contributed by atoms with Crippen LogP contribution in [0, 0.1) is 12.3 Å². The molecule has 0 unspecified atom stereocenters. The number of carbonyl (C=O) groups excluding carboxylic acids is 3. The summed E-state index contributed by atoms with van der Waals surface area (Å²) in [5.74, 6) is -1.50. The number of amides is 3. The highest BCUT2D eigenvalue weighted by Gasteiger charge is 2.45. The average Bonchev–Trinajstić information content (AvgIpc) is 3.79. The largest absolute Gasteiger partial charge is 0.459 e. The number of rotatable bonds is 13. The van der Waals surface area contributed by atoms with Crippen molar-refractivity contribution in [3.8, 4) is 6.01 Å². The quantitative estimate of drug-likeness (QED) is 0.0797. The molecule has 17 heteroatoms. The molecule has 1 aliphatic rings. The summed E-state index contributed by atoms with van der Waals surface area (Å²) >= 11 is 6.04. The van der Waals surface area contributed by atoms with Crippen molar-refractivity contribution in [1.82, 2.24) is 25.6 Å². The summed E-state index contributed by atoms with van der Waals surface area (Å²) in [7, 11) is 0. The number of alkyl halides is 3. The zero-order valence-corrected chi connectivity index (χ0v) is 30.1. The molecular formula is C37H36ClF3N8O5. The van der Waals surface area contributed by atoms with Crippen molar-refractivity contribution in [3.63, 3.8) is 0 Å². The molecule has 0 aliphatic heterocycles. The first-order valence-electron chi connectivity index (χ1n) is 16.8. The molecule has 0 bridgehead atoms. The fourth-order valence-electron chi connectivity index (χ4n) is 5.46. The standard InChI is InChI=1S/C37H36ClF3N8O5/c1-21-17-23-5-4-6-27(28(23)54-21)45-31(52)30(51)43-19-35(2,3)18-42-29(50)22-7-13-26(14-8-22)44-32-46-33(48-34(47-32)53-20-37(39,40)41)49-36(15-16-36)24-9-11-25(38)12-10-24/h4-14,17H,15-16,18-20H2,1-3H3,(H,42,50)(H,43,51)(H,45,52)(H2,44,46,47,48,49). The number of aromatic nitrogens is 3. The summed E-state index contributed by atoms with van der Waals surface area (Å²) in [6.07, 6.45) is -3.14. The number of nitrogens with one attached hydrogen (secondary N) is 5. The van der Waals surface area contributed by atoms with Crippen LogP contribution in [0.4, 0.5) is 36.4 Å². The van der Waals surface area contributed by atoms with Crippen molar-refractivity contribution in [3.05, 3.63) is 94.7 Å². The zero-order chi connectivity index (χ0) is 38.7. The summed E-state index contributed by atoms with van der Waals surface area (Å²) in [5.41, 5.74) is 1.35. The van der Waals surface area contributed by atoms with Crippen molar-refractivity contribution >= 4 is 63.6 Å². The number of hydrogen-bond acceptors (Lipinski definition) is 10. The maximum atomic E-state index is 13.0. The second kappa shape index (κ2) is 15.2. The van der Waals surface area contributed by atoms with Gasteiger partial charge in [-0.15, -0.1) is 0 Å². The predicted molar refractivity (Wildman–Crippen MR) is 196 cm³/mol. The molecule has 3 amide bonds. The molecule has 54 heavy (non-hydrogen) atoms. The highest BCUT2D eigenvalue weighted by Crippen LogP contribution is 2.48. The van der Waals surface area contributed by atoms with Crippen LogP contribution in [0.5, 0.6) is 6.01 Å². The molecule has 0 atom stereocenters. The van der Waals surface area contributed by atoms with Gasteiger partial charge in [0, 0.05) is 34.7 Å². The zero-order valence-electron chi connectivity index (χ0n) is 29.4. The number of para-hydroxylation sites is 1. The first kappa shape index (κ1) is 37.8. The van der Waals surface area contributed by atoms with E-state index in [9.17, 15) is 27.6 Å². The maximum Gasteiger partial charge on any atom is 0.422 e. The van der Waals surface area contributed by atoms with Crippen molar-refractivity contribution in [2.24, 2.45) is 5.41 Å². The Balaban J connectivity index is 1.04. The van der Waals surface area contributed by atoms with E-state index < -0.39 is 47.5 Å². The van der Waals surface area contributed by atoms with Gasteiger partial charge in [0.1, 0.15) is 5.76 Å². The topological polar surface area (TPSA) is 172 Å². The van der Waals surface area contributed by atoms with Gasteiger partial charge in [-0.05, 0) is 79.3 Å². The Morgan fingerprint density at radius 3 is 2.26 bits per heavy atom. The molecule has 0 spiro atoms. The summed E-state index contributed by atoms with van der Waals surface area (Å²) < 4.78 is 49.3. The Bertz CT molecular complexity index is 2170. The van der Waals surface area contributed by atoms with Gasteiger partial charge >= 0.3 is 24.0 Å². The number of benzene rings is 3. The van der Waals surface area contributed by atoms with E-state index in [0.29, 0.717) is 33.3 Å². The smallest absolute Gasteiger partial charge is 0.422 e. The molecule has 1 fully saturated rings. The summed E-state index contributed by atoms with van der Waals surface area (Å²) in [6.45, 7) is 4.07. The predicted octanol–water partition coefficient (Wildman–Crippen LogP) is 6.88. The third-order valence-corrected chi connectivity index (χ3v) is 8.71. The first-order valence-corrected chi connectivity index (χ1v) is 17.2. The van der Waals surface area contributed by atoms with Crippen LogP contribution in [-0.2, 0) is 15.1 Å². The number of fused-ring (bicyclic) bond motifs is 1. The summed E-state index contributed by atoms with van der Waals surface area (Å²) in [4.78, 5) is 50.6. The number of hydrogen-bond donors (Lipinski definition) is 5. The van der Waals surface area contributed by atoms with Crippen LogP contribution in [0.1, 0.15) is 48.4 Å². The van der Waals surface area contributed by atoms with Crippen molar-refractivity contribution in [2.45, 2.75) is 45.3 Å². The monoisotopic (exact) mass is 764 g/mol. The van der Waals surface area contributed by atoms with E-state index in [4.69, 9.17) is 20.8 Å². The number of furan rings is 1. The Hall–Kier alpha value is -5.90. The van der Waals surface area contributed by atoms with Gasteiger partial charge in [0.2, 0.25) is 11.9 Å². The molecule has 5 aromatic rings. The van der Waals surface area contributed by atoms with Gasteiger partial charge in [0.25, 0.3) is 5.91 Å². The molecule has 2 heterocycles. The van der Waals surface area contributed by atoms with Crippen LogP contribution in [0.2, 0.25) is 5.02 Å².